The molecule has 0 aliphatic carbocycles. The van der Waals surface area contributed by atoms with E-state index in [0.29, 0.717) is 5.39 Å². The topological polar surface area (TPSA) is 114 Å². The molecule has 0 atom stereocenters. The summed E-state index contributed by atoms with van der Waals surface area (Å²) in [6.45, 7) is 0.146. The van der Waals surface area contributed by atoms with Crippen molar-refractivity contribution < 1.29 is 19.2 Å². The highest BCUT2D eigenvalue weighted by Gasteiger charge is 2.23. The lowest BCUT2D eigenvalue weighted by molar-refractivity contribution is -0.385. The van der Waals surface area contributed by atoms with Gasteiger partial charge in [0.25, 0.3) is 5.56 Å². The second-order valence-corrected chi connectivity index (χ2v) is 6.82. The average molecular weight is 431 g/mol. The standard InChI is InChI=1S/C23H17N3O6/c1-31-16-11-12-20(19(13-16)26(29)30)32-23(28)21-17-9-5-6-10-18(17)22(27)25(24-21)14-15-7-3-2-4-8-15/h2-13H,14H2,1H3. The lowest BCUT2D eigenvalue weighted by Crippen LogP contribution is -2.27. The number of fused-ring (bicyclic) bond motifs is 1. The molecular formula is C23H17N3O6. The van der Waals surface area contributed by atoms with Gasteiger partial charge in [-0.05, 0) is 23.8 Å². The molecule has 0 aliphatic rings. The van der Waals surface area contributed by atoms with Gasteiger partial charge in [0.15, 0.2) is 5.69 Å². The Morgan fingerprint density at radius 3 is 2.41 bits per heavy atom. The highest BCUT2D eigenvalue weighted by molar-refractivity contribution is 6.03. The van der Waals surface area contributed by atoms with Gasteiger partial charge in [-0.1, -0.05) is 48.5 Å². The molecule has 0 radical (unpaired) electrons. The summed E-state index contributed by atoms with van der Waals surface area (Å²) in [4.78, 5) is 36.7. The Balaban J connectivity index is 1.79. The minimum Gasteiger partial charge on any atom is -0.496 e. The zero-order chi connectivity index (χ0) is 22.7. The number of methoxy groups -OCH3 is 1. The second kappa shape index (κ2) is 8.68. The fourth-order valence-corrected chi connectivity index (χ4v) is 3.25. The molecule has 0 spiro atoms. The Bertz CT molecular complexity index is 1380. The zero-order valence-electron chi connectivity index (χ0n) is 16.9. The summed E-state index contributed by atoms with van der Waals surface area (Å²) < 4.78 is 11.5. The Morgan fingerprint density at radius 2 is 1.72 bits per heavy atom. The Hall–Kier alpha value is -4.53. The predicted octanol–water partition coefficient (Wildman–Crippen LogP) is 3.58. The van der Waals surface area contributed by atoms with Gasteiger partial charge in [-0.3, -0.25) is 14.9 Å². The molecule has 9 nitrogen and oxygen atoms in total. The molecule has 1 aromatic heterocycles. The van der Waals surface area contributed by atoms with Crippen LogP contribution in [0.5, 0.6) is 11.5 Å². The number of nitrogens with zero attached hydrogens (tertiary/aromatic N) is 3. The van der Waals surface area contributed by atoms with Crippen molar-refractivity contribution in [3.63, 3.8) is 0 Å². The molecule has 160 valence electrons. The maximum absolute atomic E-state index is 13.0. The van der Waals surface area contributed by atoms with E-state index < -0.39 is 16.6 Å². The van der Waals surface area contributed by atoms with Gasteiger partial charge in [0.2, 0.25) is 5.75 Å². The molecule has 0 saturated heterocycles. The molecule has 1 heterocycles. The third kappa shape index (κ3) is 4.04. The van der Waals surface area contributed by atoms with Crippen molar-refractivity contribution in [1.29, 1.82) is 0 Å². The van der Waals surface area contributed by atoms with Crippen molar-refractivity contribution >= 4 is 22.4 Å². The van der Waals surface area contributed by atoms with Gasteiger partial charge in [-0.2, -0.15) is 5.10 Å². The SMILES string of the molecule is COc1ccc(OC(=O)c2nn(Cc3ccccc3)c(=O)c3ccccc23)c([N+](=O)[O-])c1. The van der Waals surface area contributed by atoms with Crippen molar-refractivity contribution in [2.45, 2.75) is 6.54 Å². The van der Waals surface area contributed by atoms with Crippen LogP contribution in [0.25, 0.3) is 10.8 Å². The van der Waals surface area contributed by atoms with Crippen LogP contribution in [-0.4, -0.2) is 27.8 Å². The number of rotatable bonds is 6. The molecular weight excluding hydrogens is 414 g/mol. The fraction of sp³-hybridized carbons (Fsp3) is 0.0870. The number of hydrogen-bond donors (Lipinski definition) is 0. The smallest absolute Gasteiger partial charge is 0.365 e. The largest absolute Gasteiger partial charge is 0.496 e. The molecule has 4 rings (SSSR count). The van der Waals surface area contributed by atoms with Gasteiger partial charge in [-0.15, -0.1) is 0 Å². The maximum Gasteiger partial charge on any atom is 0.365 e. The van der Waals surface area contributed by atoms with E-state index in [-0.39, 0.29) is 34.7 Å². The van der Waals surface area contributed by atoms with E-state index in [4.69, 9.17) is 9.47 Å². The van der Waals surface area contributed by atoms with E-state index in [0.717, 1.165) is 11.6 Å². The maximum atomic E-state index is 13.0. The van der Waals surface area contributed by atoms with E-state index in [2.05, 4.69) is 5.10 Å². The van der Waals surface area contributed by atoms with Crippen LogP contribution in [0, 0.1) is 10.1 Å². The van der Waals surface area contributed by atoms with E-state index in [1.165, 1.54) is 23.9 Å². The molecule has 0 unspecified atom stereocenters. The lowest BCUT2D eigenvalue weighted by Gasteiger charge is -2.11. The average Bonchev–Trinajstić information content (AvgIpc) is 2.81. The van der Waals surface area contributed by atoms with Crippen LogP contribution in [0.1, 0.15) is 16.1 Å². The van der Waals surface area contributed by atoms with Crippen molar-refractivity contribution in [2.24, 2.45) is 0 Å². The summed E-state index contributed by atoms with van der Waals surface area (Å²) in [5.41, 5.74) is -0.0974. The molecule has 0 saturated carbocycles. The highest BCUT2D eigenvalue weighted by Crippen LogP contribution is 2.31. The summed E-state index contributed by atoms with van der Waals surface area (Å²) in [5, 5.41) is 16.2. The van der Waals surface area contributed by atoms with Gasteiger partial charge in [0.1, 0.15) is 5.75 Å². The van der Waals surface area contributed by atoms with Crippen LogP contribution >= 0.6 is 0 Å². The van der Waals surface area contributed by atoms with Crippen molar-refractivity contribution in [2.75, 3.05) is 7.11 Å². The van der Waals surface area contributed by atoms with E-state index in [9.17, 15) is 19.7 Å². The first-order valence-corrected chi connectivity index (χ1v) is 9.56. The van der Waals surface area contributed by atoms with E-state index in [1.54, 1.807) is 24.3 Å². The van der Waals surface area contributed by atoms with Crippen molar-refractivity contribution in [3.8, 4) is 11.5 Å². The summed E-state index contributed by atoms with van der Waals surface area (Å²) in [7, 11) is 1.37. The Morgan fingerprint density at radius 1 is 1.03 bits per heavy atom. The van der Waals surface area contributed by atoms with Crippen LogP contribution in [0.3, 0.4) is 0 Å². The molecule has 4 aromatic rings. The molecule has 0 amide bonds. The molecule has 0 bridgehead atoms. The number of ether oxygens (including phenoxy) is 2. The zero-order valence-corrected chi connectivity index (χ0v) is 16.9. The van der Waals surface area contributed by atoms with E-state index in [1.807, 2.05) is 30.3 Å². The number of benzene rings is 3. The first-order chi connectivity index (χ1) is 15.5. The van der Waals surface area contributed by atoms with Gasteiger partial charge in [-0.25, -0.2) is 9.48 Å². The number of esters is 1. The van der Waals surface area contributed by atoms with Gasteiger partial charge >= 0.3 is 11.7 Å². The normalized spacial score (nSPS) is 10.7. The molecule has 0 aliphatic heterocycles. The molecule has 32 heavy (non-hydrogen) atoms. The van der Waals surface area contributed by atoms with Crippen LogP contribution in [0.4, 0.5) is 5.69 Å². The summed E-state index contributed by atoms with van der Waals surface area (Å²) in [5.74, 6) is -0.930. The Kier molecular flexibility index (Phi) is 5.63. The lowest BCUT2D eigenvalue weighted by atomic mass is 10.1. The minimum atomic E-state index is -0.920. The molecule has 9 heteroatoms. The van der Waals surface area contributed by atoms with E-state index >= 15 is 0 Å². The highest BCUT2D eigenvalue weighted by atomic mass is 16.6. The number of aromatic nitrogens is 2. The number of nitro benzene ring substituents is 1. The quantitative estimate of drug-likeness (QED) is 0.198. The number of carbonyl (C=O) groups excluding carboxylic acids is 1. The van der Waals surface area contributed by atoms with Gasteiger partial charge in [0, 0.05) is 5.39 Å². The van der Waals surface area contributed by atoms with Crippen molar-refractivity contribution in [3.05, 3.63) is 105 Å². The summed E-state index contributed by atoms with van der Waals surface area (Å²) in [6, 6.07) is 19.6. The van der Waals surface area contributed by atoms with Crippen LogP contribution in [0.2, 0.25) is 0 Å². The first kappa shape index (κ1) is 20.7. The number of carbonyl (C=O) groups is 1. The Labute approximate surface area is 181 Å². The summed E-state index contributed by atoms with van der Waals surface area (Å²) >= 11 is 0. The van der Waals surface area contributed by atoms with Gasteiger partial charge in [0.05, 0.1) is 30.0 Å². The molecule has 3 aromatic carbocycles. The number of hydrogen-bond acceptors (Lipinski definition) is 7. The third-order valence-electron chi connectivity index (χ3n) is 4.80. The van der Waals surface area contributed by atoms with Crippen molar-refractivity contribution in [1.82, 2.24) is 9.78 Å². The molecule has 0 N–H and O–H groups in total. The third-order valence-corrected chi connectivity index (χ3v) is 4.80. The van der Waals surface area contributed by atoms with Crippen LogP contribution in [-0.2, 0) is 6.54 Å². The summed E-state index contributed by atoms with van der Waals surface area (Å²) in [6.07, 6.45) is 0. The second-order valence-electron chi connectivity index (χ2n) is 6.82. The van der Waals surface area contributed by atoms with Crippen LogP contribution < -0.4 is 15.0 Å². The van der Waals surface area contributed by atoms with Crippen LogP contribution in [0.15, 0.2) is 77.6 Å². The minimum absolute atomic E-state index is 0.124. The fourth-order valence-electron chi connectivity index (χ4n) is 3.25. The monoisotopic (exact) mass is 431 g/mol. The predicted molar refractivity (Wildman–Crippen MR) is 116 cm³/mol. The first-order valence-electron chi connectivity index (χ1n) is 9.56. The molecule has 0 fully saturated rings. The van der Waals surface area contributed by atoms with Gasteiger partial charge < -0.3 is 9.47 Å². The number of nitro groups is 1.